The predicted molar refractivity (Wildman–Crippen MR) is 108 cm³/mol. The number of nitrogens with zero attached hydrogens (tertiary/aromatic N) is 4. The third-order valence-corrected chi connectivity index (χ3v) is 5.72. The summed E-state index contributed by atoms with van der Waals surface area (Å²) in [5, 5.41) is 0. The molecule has 1 aromatic carbocycles. The summed E-state index contributed by atoms with van der Waals surface area (Å²) in [5.74, 6) is 0.646. The summed E-state index contributed by atoms with van der Waals surface area (Å²) in [7, 11) is 1.50. The largest absolute Gasteiger partial charge is 0.375 e. The average Bonchev–Trinajstić information content (AvgIpc) is 3.20. The Kier molecular flexibility index (Phi) is 5.76. The van der Waals surface area contributed by atoms with Crippen molar-refractivity contribution in [1.29, 1.82) is 0 Å². The van der Waals surface area contributed by atoms with E-state index in [2.05, 4.69) is 0 Å². The van der Waals surface area contributed by atoms with E-state index in [1.54, 1.807) is 21.9 Å². The van der Waals surface area contributed by atoms with Gasteiger partial charge < -0.3 is 9.64 Å². The number of likely N-dealkylation sites (tertiary alicyclic amines) is 1. The van der Waals surface area contributed by atoms with E-state index in [4.69, 9.17) is 14.7 Å². The monoisotopic (exact) mass is 412 g/mol. The van der Waals surface area contributed by atoms with E-state index in [1.807, 2.05) is 6.92 Å². The zero-order chi connectivity index (χ0) is 21.3. The fraction of sp³-hybridized carbons (Fsp3) is 0.455. The SMILES string of the molecule is COCC(=O)N1CCCC1c1nc(C)c2c(n1)N(Cc1cccc(F)c1)C(=O)CC2. The highest BCUT2D eigenvalue weighted by molar-refractivity contribution is 5.95. The minimum absolute atomic E-state index is 0.0185. The molecule has 7 nitrogen and oxygen atoms in total. The van der Waals surface area contributed by atoms with E-state index in [-0.39, 0.29) is 36.8 Å². The molecule has 1 saturated heterocycles. The third kappa shape index (κ3) is 3.92. The number of aromatic nitrogens is 2. The Morgan fingerprint density at radius 3 is 2.90 bits per heavy atom. The molecule has 0 aliphatic carbocycles. The molecule has 2 amide bonds. The van der Waals surface area contributed by atoms with E-state index in [0.717, 1.165) is 24.1 Å². The van der Waals surface area contributed by atoms with Crippen LogP contribution in [0.15, 0.2) is 24.3 Å². The van der Waals surface area contributed by atoms with Gasteiger partial charge in [0.1, 0.15) is 18.2 Å². The summed E-state index contributed by atoms with van der Waals surface area (Å²) >= 11 is 0. The van der Waals surface area contributed by atoms with Gasteiger partial charge in [0.25, 0.3) is 0 Å². The molecular weight excluding hydrogens is 387 g/mol. The number of carbonyl (C=O) groups excluding carboxylic acids is 2. The molecule has 30 heavy (non-hydrogen) atoms. The van der Waals surface area contributed by atoms with Crippen LogP contribution in [0, 0.1) is 12.7 Å². The van der Waals surface area contributed by atoms with Gasteiger partial charge in [0.15, 0.2) is 5.82 Å². The molecule has 0 N–H and O–H groups in total. The molecular formula is C22H25FN4O3. The summed E-state index contributed by atoms with van der Waals surface area (Å²) in [6.07, 6.45) is 2.59. The van der Waals surface area contributed by atoms with Gasteiger partial charge in [-0.15, -0.1) is 0 Å². The molecule has 0 bridgehead atoms. The third-order valence-electron chi connectivity index (χ3n) is 5.72. The van der Waals surface area contributed by atoms with E-state index in [9.17, 15) is 14.0 Å². The average molecular weight is 412 g/mol. The second kappa shape index (κ2) is 8.47. The van der Waals surface area contributed by atoms with Gasteiger partial charge in [0.2, 0.25) is 11.8 Å². The van der Waals surface area contributed by atoms with Gasteiger partial charge >= 0.3 is 0 Å². The Bertz CT molecular complexity index is 981. The van der Waals surface area contributed by atoms with Crippen LogP contribution in [0.4, 0.5) is 10.2 Å². The lowest BCUT2D eigenvalue weighted by Gasteiger charge is -2.31. The fourth-order valence-corrected chi connectivity index (χ4v) is 4.27. The van der Waals surface area contributed by atoms with Crippen LogP contribution in [0.2, 0.25) is 0 Å². The van der Waals surface area contributed by atoms with Gasteiger partial charge in [-0.3, -0.25) is 14.5 Å². The molecule has 4 rings (SSSR count). The molecule has 2 aliphatic rings. The van der Waals surface area contributed by atoms with Crippen molar-refractivity contribution in [2.45, 2.75) is 45.2 Å². The minimum Gasteiger partial charge on any atom is -0.375 e. The number of hydrogen-bond acceptors (Lipinski definition) is 5. The first kappa shape index (κ1) is 20.4. The Hall–Kier alpha value is -2.87. The second-order valence-electron chi connectivity index (χ2n) is 7.76. The first-order valence-corrected chi connectivity index (χ1v) is 10.2. The van der Waals surface area contributed by atoms with Crippen LogP contribution in [0.25, 0.3) is 0 Å². The molecule has 8 heteroatoms. The summed E-state index contributed by atoms with van der Waals surface area (Å²) in [5.41, 5.74) is 2.45. The van der Waals surface area contributed by atoms with Gasteiger partial charge in [-0.2, -0.15) is 0 Å². The lowest BCUT2D eigenvalue weighted by molar-refractivity contribution is -0.136. The van der Waals surface area contributed by atoms with E-state index in [0.29, 0.717) is 36.6 Å². The maximum absolute atomic E-state index is 13.7. The Morgan fingerprint density at radius 2 is 2.13 bits per heavy atom. The van der Waals surface area contributed by atoms with Gasteiger partial charge in [-0.25, -0.2) is 14.4 Å². The summed E-state index contributed by atoms with van der Waals surface area (Å²) < 4.78 is 18.7. The Balaban J connectivity index is 1.70. The van der Waals surface area contributed by atoms with E-state index in [1.165, 1.54) is 19.2 Å². The highest BCUT2D eigenvalue weighted by Gasteiger charge is 2.35. The molecule has 0 spiro atoms. The number of methoxy groups -OCH3 is 1. The Morgan fingerprint density at radius 1 is 1.30 bits per heavy atom. The van der Waals surface area contributed by atoms with Crippen LogP contribution in [-0.4, -0.2) is 46.9 Å². The zero-order valence-electron chi connectivity index (χ0n) is 17.2. The smallest absolute Gasteiger partial charge is 0.249 e. The number of fused-ring (bicyclic) bond motifs is 1. The number of aryl methyl sites for hydroxylation is 1. The van der Waals surface area contributed by atoms with E-state index >= 15 is 0 Å². The molecule has 1 atom stereocenters. The normalized spacial score (nSPS) is 18.6. The van der Waals surface area contributed by atoms with Crippen LogP contribution in [-0.2, 0) is 27.3 Å². The van der Waals surface area contributed by atoms with Crippen molar-refractivity contribution in [3.8, 4) is 0 Å². The van der Waals surface area contributed by atoms with Gasteiger partial charge in [0, 0.05) is 31.3 Å². The van der Waals surface area contributed by atoms with Crippen molar-refractivity contribution >= 4 is 17.6 Å². The van der Waals surface area contributed by atoms with Crippen molar-refractivity contribution in [1.82, 2.24) is 14.9 Å². The molecule has 1 aromatic heterocycles. The van der Waals surface area contributed by atoms with Crippen LogP contribution < -0.4 is 4.90 Å². The summed E-state index contributed by atoms with van der Waals surface area (Å²) in [6.45, 7) is 2.82. The predicted octanol–water partition coefficient (Wildman–Crippen LogP) is 2.71. The first-order chi connectivity index (χ1) is 14.5. The lowest BCUT2D eigenvalue weighted by Crippen LogP contribution is -2.38. The van der Waals surface area contributed by atoms with Crippen LogP contribution >= 0.6 is 0 Å². The standard InChI is InChI=1S/C22H25FN4O3/c1-14-17-8-9-19(28)27(12-15-5-3-6-16(23)11-15)22(17)25-21(24-14)18-7-4-10-26(18)20(29)13-30-2/h3,5-6,11,18H,4,7-10,12-13H2,1-2H3. The quantitative estimate of drug-likeness (QED) is 0.755. The topological polar surface area (TPSA) is 75.6 Å². The second-order valence-corrected chi connectivity index (χ2v) is 7.76. The molecule has 0 saturated carbocycles. The van der Waals surface area contributed by atoms with Gasteiger partial charge in [-0.1, -0.05) is 12.1 Å². The Labute approximate surface area is 174 Å². The van der Waals surface area contributed by atoms with Crippen LogP contribution in [0.3, 0.4) is 0 Å². The number of benzene rings is 1. The molecule has 2 aliphatic heterocycles. The van der Waals surface area contributed by atoms with Crippen molar-refractivity contribution in [3.05, 3.63) is 52.7 Å². The van der Waals surface area contributed by atoms with Crippen molar-refractivity contribution in [3.63, 3.8) is 0 Å². The highest BCUT2D eigenvalue weighted by atomic mass is 19.1. The number of rotatable bonds is 5. The zero-order valence-corrected chi connectivity index (χ0v) is 17.2. The fourth-order valence-electron chi connectivity index (χ4n) is 4.27. The van der Waals surface area contributed by atoms with Gasteiger partial charge in [0.05, 0.1) is 12.6 Å². The van der Waals surface area contributed by atoms with Crippen LogP contribution in [0.1, 0.15) is 47.9 Å². The first-order valence-electron chi connectivity index (χ1n) is 10.2. The number of halogens is 1. The van der Waals surface area contributed by atoms with Crippen molar-refractivity contribution in [2.75, 3.05) is 25.2 Å². The maximum atomic E-state index is 13.7. The van der Waals surface area contributed by atoms with Gasteiger partial charge in [-0.05, 0) is 43.9 Å². The van der Waals surface area contributed by atoms with E-state index < -0.39 is 0 Å². The number of hydrogen-bond donors (Lipinski definition) is 0. The molecule has 3 heterocycles. The molecule has 2 aromatic rings. The number of amides is 2. The number of ether oxygens (including phenoxy) is 1. The van der Waals surface area contributed by atoms with Crippen molar-refractivity contribution < 1.29 is 18.7 Å². The molecule has 1 fully saturated rings. The molecule has 0 radical (unpaired) electrons. The number of carbonyl (C=O) groups is 2. The highest BCUT2D eigenvalue weighted by Crippen LogP contribution is 2.35. The minimum atomic E-state index is -0.338. The summed E-state index contributed by atoms with van der Waals surface area (Å²) in [4.78, 5) is 38.0. The maximum Gasteiger partial charge on any atom is 0.249 e. The van der Waals surface area contributed by atoms with Crippen molar-refractivity contribution in [2.24, 2.45) is 0 Å². The summed E-state index contributed by atoms with van der Waals surface area (Å²) in [6, 6.07) is 6.00. The van der Waals surface area contributed by atoms with Crippen LogP contribution in [0.5, 0.6) is 0 Å². The molecule has 158 valence electrons. The number of anilines is 1. The molecule has 1 unspecified atom stereocenters. The lowest BCUT2D eigenvalue weighted by atomic mass is 10.0.